The Labute approximate surface area is 88.6 Å². The molecule has 0 aromatic carbocycles. The molecule has 0 radical (unpaired) electrons. The average Bonchev–Trinajstić information content (AvgIpc) is 2.62. The Balaban J connectivity index is 2.19. The topological polar surface area (TPSA) is 53.4 Å². The Hall–Kier alpha value is -1.58. The number of fused-ring (bicyclic) bond motifs is 1. The summed E-state index contributed by atoms with van der Waals surface area (Å²) >= 11 is 0. The SMILES string of the molecule is CN(CC(=O)O)c1cc2c(cn1)CCC2. The molecule has 1 aromatic heterocycles. The van der Waals surface area contributed by atoms with Crippen molar-refractivity contribution in [1.29, 1.82) is 0 Å². The highest BCUT2D eigenvalue weighted by Gasteiger charge is 2.14. The van der Waals surface area contributed by atoms with Crippen LogP contribution < -0.4 is 4.90 Å². The Morgan fingerprint density at radius 2 is 2.27 bits per heavy atom. The first-order valence-corrected chi connectivity index (χ1v) is 5.07. The molecule has 0 saturated carbocycles. The number of carboxylic acids is 1. The van der Waals surface area contributed by atoms with E-state index in [2.05, 4.69) is 4.98 Å². The van der Waals surface area contributed by atoms with Crippen LogP contribution in [-0.2, 0) is 17.6 Å². The summed E-state index contributed by atoms with van der Waals surface area (Å²) in [4.78, 5) is 16.5. The van der Waals surface area contributed by atoms with Gasteiger partial charge in [-0.25, -0.2) is 4.98 Å². The molecule has 0 aliphatic heterocycles. The summed E-state index contributed by atoms with van der Waals surface area (Å²) in [7, 11) is 1.75. The van der Waals surface area contributed by atoms with Crippen LogP contribution in [0.25, 0.3) is 0 Å². The highest BCUT2D eigenvalue weighted by atomic mass is 16.4. The molecule has 0 bridgehead atoms. The number of carboxylic acid groups (broad SMARTS) is 1. The van der Waals surface area contributed by atoms with E-state index in [4.69, 9.17) is 5.11 Å². The minimum absolute atomic E-state index is 0.00815. The maximum atomic E-state index is 10.5. The number of aliphatic carboxylic acids is 1. The second kappa shape index (κ2) is 3.88. The summed E-state index contributed by atoms with van der Waals surface area (Å²) in [6.45, 7) is -0.00815. The van der Waals surface area contributed by atoms with Crippen LogP contribution in [0.3, 0.4) is 0 Å². The van der Waals surface area contributed by atoms with Gasteiger partial charge in [0.25, 0.3) is 0 Å². The Morgan fingerprint density at radius 3 is 3.00 bits per heavy atom. The van der Waals surface area contributed by atoms with Gasteiger partial charge in [0.15, 0.2) is 0 Å². The van der Waals surface area contributed by atoms with Crippen LogP contribution in [-0.4, -0.2) is 29.7 Å². The number of pyridine rings is 1. The number of aromatic nitrogens is 1. The first kappa shape index (κ1) is 9.96. The van der Waals surface area contributed by atoms with Gasteiger partial charge in [-0.15, -0.1) is 0 Å². The fourth-order valence-corrected chi connectivity index (χ4v) is 1.93. The van der Waals surface area contributed by atoms with Gasteiger partial charge >= 0.3 is 5.97 Å². The summed E-state index contributed by atoms with van der Waals surface area (Å²) < 4.78 is 0. The quantitative estimate of drug-likeness (QED) is 0.804. The zero-order chi connectivity index (χ0) is 10.8. The van der Waals surface area contributed by atoms with Crippen LogP contribution in [0, 0.1) is 0 Å². The van der Waals surface area contributed by atoms with Crippen molar-refractivity contribution in [3.8, 4) is 0 Å². The van der Waals surface area contributed by atoms with Gasteiger partial charge in [0.1, 0.15) is 12.4 Å². The van der Waals surface area contributed by atoms with Crippen molar-refractivity contribution in [2.24, 2.45) is 0 Å². The molecule has 4 nitrogen and oxygen atoms in total. The molecule has 0 spiro atoms. The van der Waals surface area contributed by atoms with Crippen molar-refractivity contribution in [3.63, 3.8) is 0 Å². The van der Waals surface area contributed by atoms with E-state index in [9.17, 15) is 4.79 Å². The number of likely N-dealkylation sites (N-methyl/N-ethyl adjacent to an activating group) is 1. The summed E-state index contributed by atoms with van der Waals surface area (Å²) in [5.41, 5.74) is 2.62. The Morgan fingerprint density at radius 1 is 1.53 bits per heavy atom. The summed E-state index contributed by atoms with van der Waals surface area (Å²) in [5.74, 6) is -0.0853. The van der Waals surface area contributed by atoms with Gasteiger partial charge in [0.2, 0.25) is 0 Å². The molecule has 0 saturated heterocycles. The van der Waals surface area contributed by atoms with E-state index in [1.54, 1.807) is 11.9 Å². The van der Waals surface area contributed by atoms with E-state index in [0.29, 0.717) is 0 Å². The number of hydrogen-bond acceptors (Lipinski definition) is 3. The molecule has 1 aliphatic rings. The van der Waals surface area contributed by atoms with E-state index in [1.807, 2.05) is 12.3 Å². The molecule has 0 atom stereocenters. The fourth-order valence-electron chi connectivity index (χ4n) is 1.93. The second-order valence-electron chi connectivity index (χ2n) is 3.91. The van der Waals surface area contributed by atoms with Gasteiger partial charge in [-0.1, -0.05) is 0 Å². The third kappa shape index (κ3) is 2.09. The fraction of sp³-hybridized carbons (Fsp3) is 0.455. The second-order valence-corrected chi connectivity index (χ2v) is 3.91. The molecule has 4 heteroatoms. The van der Waals surface area contributed by atoms with E-state index >= 15 is 0 Å². The van der Waals surface area contributed by atoms with Crippen molar-refractivity contribution >= 4 is 11.8 Å². The third-order valence-electron chi connectivity index (χ3n) is 2.72. The summed E-state index contributed by atoms with van der Waals surface area (Å²) in [5, 5.41) is 8.67. The first-order chi connectivity index (χ1) is 7.16. The molecular weight excluding hydrogens is 192 g/mol. The standard InChI is InChI=1S/C11H14N2O2/c1-13(7-11(14)15)10-5-8-3-2-4-9(8)6-12-10/h5-6H,2-4,7H2,1H3,(H,14,15). The minimum Gasteiger partial charge on any atom is -0.480 e. The van der Waals surface area contributed by atoms with Crippen LogP contribution in [0.4, 0.5) is 5.82 Å². The van der Waals surface area contributed by atoms with E-state index in [1.165, 1.54) is 17.5 Å². The monoisotopic (exact) mass is 206 g/mol. The number of aryl methyl sites for hydroxylation is 2. The predicted octanol–water partition coefficient (Wildman–Crippen LogP) is 1.09. The molecular formula is C11H14N2O2. The smallest absolute Gasteiger partial charge is 0.323 e. The van der Waals surface area contributed by atoms with Gasteiger partial charge in [-0.05, 0) is 36.5 Å². The van der Waals surface area contributed by atoms with Gasteiger partial charge < -0.3 is 10.0 Å². The van der Waals surface area contributed by atoms with Crippen molar-refractivity contribution < 1.29 is 9.90 Å². The molecule has 0 fully saturated rings. The molecule has 0 unspecified atom stereocenters. The lowest BCUT2D eigenvalue weighted by Crippen LogP contribution is -2.26. The zero-order valence-electron chi connectivity index (χ0n) is 8.73. The summed E-state index contributed by atoms with van der Waals surface area (Å²) in [6, 6.07) is 2.01. The highest BCUT2D eigenvalue weighted by Crippen LogP contribution is 2.24. The van der Waals surface area contributed by atoms with Gasteiger partial charge in [0.05, 0.1) is 0 Å². The Kier molecular flexibility index (Phi) is 2.58. The number of nitrogens with zero attached hydrogens (tertiary/aromatic N) is 2. The lowest BCUT2D eigenvalue weighted by Gasteiger charge is -2.16. The van der Waals surface area contributed by atoms with E-state index in [0.717, 1.165) is 18.7 Å². The van der Waals surface area contributed by atoms with E-state index < -0.39 is 5.97 Å². The third-order valence-corrected chi connectivity index (χ3v) is 2.72. The van der Waals surface area contributed by atoms with Gasteiger partial charge in [0, 0.05) is 13.2 Å². The van der Waals surface area contributed by atoms with Crippen molar-refractivity contribution in [3.05, 3.63) is 23.4 Å². The number of rotatable bonds is 3. The number of hydrogen-bond donors (Lipinski definition) is 1. The molecule has 1 heterocycles. The number of anilines is 1. The largest absolute Gasteiger partial charge is 0.480 e. The normalized spacial score (nSPS) is 13.7. The minimum atomic E-state index is -0.834. The molecule has 1 N–H and O–H groups in total. The molecule has 80 valence electrons. The lowest BCUT2D eigenvalue weighted by atomic mass is 10.2. The maximum absolute atomic E-state index is 10.5. The van der Waals surface area contributed by atoms with E-state index in [-0.39, 0.29) is 6.54 Å². The average molecular weight is 206 g/mol. The predicted molar refractivity (Wildman–Crippen MR) is 57.2 cm³/mol. The highest BCUT2D eigenvalue weighted by molar-refractivity contribution is 5.73. The molecule has 2 rings (SSSR count). The van der Waals surface area contributed by atoms with Gasteiger partial charge in [-0.3, -0.25) is 4.79 Å². The van der Waals surface area contributed by atoms with Crippen LogP contribution >= 0.6 is 0 Å². The van der Waals surface area contributed by atoms with Crippen LogP contribution in [0.5, 0.6) is 0 Å². The molecule has 15 heavy (non-hydrogen) atoms. The van der Waals surface area contributed by atoms with Crippen molar-refractivity contribution in [1.82, 2.24) is 4.98 Å². The summed E-state index contributed by atoms with van der Waals surface area (Å²) in [6.07, 6.45) is 5.25. The molecule has 1 aliphatic carbocycles. The maximum Gasteiger partial charge on any atom is 0.323 e. The van der Waals surface area contributed by atoms with Crippen molar-refractivity contribution in [2.45, 2.75) is 19.3 Å². The lowest BCUT2D eigenvalue weighted by molar-refractivity contribution is -0.135. The van der Waals surface area contributed by atoms with Crippen LogP contribution in [0.2, 0.25) is 0 Å². The zero-order valence-corrected chi connectivity index (χ0v) is 8.73. The van der Waals surface area contributed by atoms with Crippen molar-refractivity contribution in [2.75, 3.05) is 18.5 Å². The molecule has 1 aromatic rings. The van der Waals surface area contributed by atoms with Crippen LogP contribution in [0.15, 0.2) is 12.3 Å². The first-order valence-electron chi connectivity index (χ1n) is 5.07. The van der Waals surface area contributed by atoms with Gasteiger partial charge in [-0.2, -0.15) is 0 Å². The van der Waals surface area contributed by atoms with Crippen LogP contribution in [0.1, 0.15) is 17.5 Å². The Bertz CT molecular complexity index is 390. The number of carbonyl (C=O) groups is 1. The molecule has 0 amide bonds.